The zero-order valence-corrected chi connectivity index (χ0v) is 9.28. The van der Waals surface area contributed by atoms with Gasteiger partial charge >= 0.3 is 5.97 Å². The first-order valence-corrected chi connectivity index (χ1v) is 5.58. The SMILES string of the molecule is Cc1ccc2c(c1)sc1ncc(C(=O)O)n12. The summed E-state index contributed by atoms with van der Waals surface area (Å²) in [5, 5.41) is 9.05. The molecule has 0 fully saturated rings. The molecule has 0 aliphatic rings. The summed E-state index contributed by atoms with van der Waals surface area (Å²) in [6.45, 7) is 2.01. The number of carboxylic acids is 1. The van der Waals surface area contributed by atoms with Crippen molar-refractivity contribution < 1.29 is 9.90 Å². The molecular weight excluding hydrogens is 224 g/mol. The Morgan fingerprint density at radius 2 is 2.31 bits per heavy atom. The van der Waals surface area contributed by atoms with Gasteiger partial charge in [0, 0.05) is 0 Å². The number of carbonyl (C=O) groups is 1. The van der Waals surface area contributed by atoms with E-state index in [1.165, 1.54) is 17.5 Å². The van der Waals surface area contributed by atoms with Gasteiger partial charge in [-0.2, -0.15) is 0 Å². The summed E-state index contributed by atoms with van der Waals surface area (Å²) in [7, 11) is 0. The molecule has 1 aromatic carbocycles. The van der Waals surface area contributed by atoms with Crippen molar-refractivity contribution in [2.75, 3.05) is 0 Å². The summed E-state index contributed by atoms with van der Waals surface area (Å²) in [5.41, 5.74) is 2.28. The molecule has 0 unspecified atom stereocenters. The second kappa shape index (κ2) is 3.05. The largest absolute Gasteiger partial charge is 0.477 e. The fourth-order valence-electron chi connectivity index (χ4n) is 1.78. The molecular formula is C11H8N2O2S. The van der Waals surface area contributed by atoms with E-state index in [0.29, 0.717) is 0 Å². The molecule has 0 aliphatic carbocycles. The molecule has 0 spiro atoms. The van der Waals surface area contributed by atoms with Crippen LogP contribution in [0.4, 0.5) is 0 Å². The molecule has 5 heteroatoms. The van der Waals surface area contributed by atoms with E-state index in [1.54, 1.807) is 4.40 Å². The molecule has 0 saturated heterocycles. The highest BCUT2D eigenvalue weighted by atomic mass is 32.1. The number of carboxylic acid groups (broad SMARTS) is 1. The lowest BCUT2D eigenvalue weighted by atomic mass is 10.2. The summed E-state index contributed by atoms with van der Waals surface area (Å²) in [6, 6.07) is 5.95. The van der Waals surface area contributed by atoms with Gasteiger partial charge < -0.3 is 5.11 Å². The van der Waals surface area contributed by atoms with E-state index in [2.05, 4.69) is 4.98 Å². The Labute approximate surface area is 94.8 Å². The second-order valence-electron chi connectivity index (χ2n) is 3.64. The number of aromatic carboxylic acids is 1. The van der Waals surface area contributed by atoms with Crippen LogP contribution in [0.1, 0.15) is 16.1 Å². The molecule has 0 atom stereocenters. The van der Waals surface area contributed by atoms with Crippen LogP contribution in [0.3, 0.4) is 0 Å². The van der Waals surface area contributed by atoms with Gasteiger partial charge in [0.25, 0.3) is 0 Å². The van der Waals surface area contributed by atoms with Gasteiger partial charge in [0.2, 0.25) is 0 Å². The molecule has 2 heterocycles. The minimum Gasteiger partial charge on any atom is -0.477 e. The van der Waals surface area contributed by atoms with Crippen LogP contribution in [0, 0.1) is 6.92 Å². The lowest BCUT2D eigenvalue weighted by Gasteiger charge is -1.95. The number of thiazole rings is 1. The van der Waals surface area contributed by atoms with Gasteiger partial charge in [-0.05, 0) is 24.6 Å². The summed E-state index contributed by atoms with van der Waals surface area (Å²) >= 11 is 1.50. The van der Waals surface area contributed by atoms with Crippen LogP contribution < -0.4 is 0 Å². The Hall–Kier alpha value is -1.88. The number of hydrogen-bond donors (Lipinski definition) is 1. The van der Waals surface area contributed by atoms with Crippen molar-refractivity contribution in [2.24, 2.45) is 0 Å². The topological polar surface area (TPSA) is 54.6 Å². The zero-order valence-electron chi connectivity index (χ0n) is 8.47. The fourth-order valence-corrected chi connectivity index (χ4v) is 2.88. The Morgan fingerprint density at radius 3 is 3.06 bits per heavy atom. The van der Waals surface area contributed by atoms with E-state index in [4.69, 9.17) is 5.11 Å². The molecule has 16 heavy (non-hydrogen) atoms. The van der Waals surface area contributed by atoms with E-state index in [1.807, 2.05) is 25.1 Å². The highest BCUT2D eigenvalue weighted by Crippen LogP contribution is 2.27. The smallest absolute Gasteiger partial charge is 0.354 e. The van der Waals surface area contributed by atoms with E-state index in [0.717, 1.165) is 20.7 Å². The second-order valence-corrected chi connectivity index (χ2v) is 4.65. The van der Waals surface area contributed by atoms with E-state index >= 15 is 0 Å². The van der Waals surface area contributed by atoms with Crippen molar-refractivity contribution in [1.82, 2.24) is 9.38 Å². The molecule has 0 amide bonds. The van der Waals surface area contributed by atoms with E-state index < -0.39 is 5.97 Å². The molecule has 1 N–H and O–H groups in total. The van der Waals surface area contributed by atoms with E-state index in [9.17, 15) is 4.79 Å². The average molecular weight is 232 g/mol. The molecule has 3 rings (SSSR count). The number of nitrogens with zero attached hydrogens (tertiary/aromatic N) is 2. The monoisotopic (exact) mass is 232 g/mol. The number of aryl methyl sites for hydroxylation is 1. The number of rotatable bonds is 1. The third-order valence-electron chi connectivity index (χ3n) is 2.51. The van der Waals surface area contributed by atoms with Crippen molar-refractivity contribution >= 4 is 32.5 Å². The Bertz CT molecular complexity index is 711. The molecule has 0 radical (unpaired) electrons. The van der Waals surface area contributed by atoms with Gasteiger partial charge in [-0.25, -0.2) is 9.78 Å². The number of imidazole rings is 1. The summed E-state index contributed by atoms with van der Waals surface area (Å²) < 4.78 is 2.74. The van der Waals surface area contributed by atoms with Crippen molar-refractivity contribution in [2.45, 2.75) is 6.92 Å². The van der Waals surface area contributed by atoms with Crippen LogP contribution in [0.5, 0.6) is 0 Å². The maximum absolute atomic E-state index is 11.0. The third kappa shape index (κ3) is 1.15. The standard InChI is InChI=1S/C11H8N2O2S/c1-6-2-3-7-9(4-6)16-11-12-5-8(10(14)15)13(7)11/h2-5H,1H3,(H,14,15). The minimum atomic E-state index is -0.951. The molecule has 0 saturated carbocycles. The predicted molar refractivity (Wildman–Crippen MR) is 62.3 cm³/mol. The normalized spacial score (nSPS) is 11.3. The van der Waals surface area contributed by atoms with Gasteiger partial charge in [-0.15, -0.1) is 0 Å². The van der Waals surface area contributed by atoms with Crippen LogP contribution in [-0.2, 0) is 0 Å². The van der Waals surface area contributed by atoms with Crippen LogP contribution in [0.25, 0.3) is 15.2 Å². The first-order chi connectivity index (χ1) is 7.66. The predicted octanol–water partition coefficient (Wildman–Crippen LogP) is 2.56. The number of aromatic nitrogens is 2. The molecule has 2 aromatic heterocycles. The molecule has 3 aromatic rings. The first kappa shape index (κ1) is 9.35. The zero-order chi connectivity index (χ0) is 11.3. The van der Waals surface area contributed by atoms with Crippen molar-refractivity contribution in [3.05, 3.63) is 35.7 Å². The van der Waals surface area contributed by atoms with Crippen molar-refractivity contribution in [3.8, 4) is 0 Å². The molecule has 4 nitrogen and oxygen atoms in total. The lowest BCUT2D eigenvalue weighted by Crippen LogP contribution is -2.00. The van der Waals surface area contributed by atoms with Crippen molar-refractivity contribution in [3.63, 3.8) is 0 Å². The third-order valence-corrected chi connectivity index (χ3v) is 3.52. The Kier molecular flexibility index (Phi) is 1.79. The van der Waals surface area contributed by atoms with Crippen LogP contribution in [-0.4, -0.2) is 20.5 Å². The molecule has 80 valence electrons. The Balaban J connectivity index is 2.50. The molecule has 0 bridgehead atoms. The number of benzene rings is 1. The van der Waals surface area contributed by atoms with Crippen LogP contribution >= 0.6 is 11.3 Å². The Morgan fingerprint density at radius 1 is 1.50 bits per heavy atom. The fraction of sp³-hybridized carbons (Fsp3) is 0.0909. The van der Waals surface area contributed by atoms with E-state index in [-0.39, 0.29) is 5.69 Å². The number of fused-ring (bicyclic) bond motifs is 3. The lowest BCUT2D eigenvalue weighted by molar-refractivity contribution is 0.0690. The summed E-state index contributed by atoms with van der Waals surface area (Å²) in [4.78, 5) is 15.9. The summed E-state index contributed by atoms with van der Waals surface area (Å²) in [6.07, 6.45) is 1.40. The number of hydrogen-bond acceptors (Lipinski definition) is 3. The van der Waals surface area contributed by atoms with Crippen LogP contribution in [0.15, 0.2) is 24.4 Å². The van der Waals surface area contributed by atoms with Gasteiger partial charge in [-0.3, -0.25) is 4.40 Å². The summed E-state index contributed by atoms with van der Waals surface area (Å²) in [5.74, 6) is -0.951. The first-order valence-electron chi connectivity index (χ1n) is 4.77. The van der Waals surface area contributed by atoms with Crippen molar-refractivity contribution in [1.29, 1.82) is 0 Å². The van der Waals surface area contributed by atoms with Gasteiger partial charge in [0.1, 0.15) is 0 Å². The maximum atomic E-state index is 11.0. The maximum Gasteiger partial charge on any atom is 0.354 e. The van der Waals surface area contributed by atoms with Gasteiger partial charge in [0.15, 0.2) is 10.7 Å². The highest BCUT2D eigenvalue weighted by molar-refractivity contribution is 7.23. The van der Waals surface area contributed by atoms with Gasteiger partial charge in [0.05, 0.1) is 16.4 Å². The molecule has 0 aliphatic heterocycles. The average Bonchev–Trinajstić information content (AvgIpc) is 2.74. The quantitative estimate of drug-likeness (QED) is 0.701. The van der Waals surface area contributed by atoms with Gasteiger partial charge in [-0.1, -0.05) is 17.4 Å². The van der Waals surface area contributed by atoms with Crippen LogP contribution in [0.2, 0.25) is 0 Å². The highest BCUT2D eigenvalue weighted by Gasteiger charge is 2.14. The minimum absolute atomic E-state index is 0.213.